The van der Waals surface area contributed by atoms with Crippen LogP contribution in [0.4, 0.5) is 13.2 Å². The molecule has 4 rings (SSSR count). The zero-order valence-electron chi connectivity index (χ0n) is 14.3. The molecule has 9 heteroatoms. The number of Topliss-reactive ketones (excluding diaryl/α,β-unsaturated/α-hetero) is 1. The molecule has 5 nitrogen and oxygen atoms in total. The molecule has 144 valence electrons. The summed E-state index contributed by atoms with van der Waals surface area (Å²) < 4.78 is 39.9. The van der Waals surface area contributed by atoms with Gasteiger partial charge in [0.15, 0.2) is 5.78 Å². The molecule has 0 radical (unpaired) electrons. The Kier molecular flexibility index (Phi) is 4.62. The summed E-state index contributed by atoms with van der Waals surface area (Å²) in [7, 11) is 0. The molecule has 0 aliphatic carbocycles. The number of nitrogens with zero attached hydrogens (tertiary/aromatic N) is 2. The van der Waals surface area contributed by atoms with Crippen LogP contribution in [0.15, 0.2) is 55.0 Å². The molecule has 2 aromatic heterocycles. The number of rotatable bonds is 3. The third kappa shape index (κ3) is 3.15. The second-order valence-electron chi connectivity index (χ2n) is 6.31. The van der Waals surface area contributed by atoms with Crippen molar-refractivity contribution < 1.29 is 22.8 Å². The Bertz CT molecular complexity index is 1040. The van der Waals surface area contributed by atoms with Gasteiger partial charge in [-0.25, -0.2) is 0 Å². The number of aromatic amines is 1. The normalized spacial score (nSPS) is 19.9. The van der Waals surface area contributed by atoms with Gasteiger partial charge in [-0.05, 0) is 12.1 Å². The van der Waals surface area contributed by atoms with Gasteiger partial charge in [0.2, 0.25) is 0 Å². The van der Waals surface area contributed by atoms with Crippen LogP contribution in [-0.4, -0.2) is 44.5 Å². The number of pyridine rings is 1. The zero-order valence-corrected chi connectivity index (χ0v) is 15.1. The molecule has 0 spiro atoms. The molecule has 1 aromatic carbocycles. The van der Waals surface area contributed by atoms with E-state index in [1.807, 2.05) is 0 Å². The first kappa shape index (κ1) is 18.5. The fourth-order valence-corrected chi connectivity index (χ4v) is 4.75. The highest BCUT2D eigenvalue weighted by molar-refractivity contribution is 7.99. The number of halogens is 3. The standard InChI is InChI=1S/C19H14F3N3O2S/c20-19(21,22)18(27)25-15(10-28-17(25)11-4-3-7-23-8-11)16(26)13-9-24-14-6-2-1-5-12(13)14/h1-9,15,17,24H,10H2/t15-,17+/m1/s1. The summed E-state index contributed by atoms with van der Waals surface area (Å²) in [5.41, 5.74) is 1.42. The number of benzene rings is 1. The van der Waals surface area contributed by atoms with E-state index in [1.54, 1.807) is 36.4 Å². The molecular weight excluding hydrogens is 391 g/mol. The third-order valence-corrected chi connectivity index (χ3v) is 5.93. The van der Waals surface area contributed by atoms with Crippen molar-refractivity contribution in [2.75, 3.05) is 5.75 Å². The summed E-state index contributed by atoms with van der Waals surface area (Å²) in [6.45, 7) is 0. The van der Waals surface area contributed by atoms with Crippen molar-refractivity contribution in [3.05, 3.63) is 66.1 Å². The van der Waals surface area contributed by atoms with E-state index < -0.39 is 29.3 Å². The molecule has 0 unspecified atom stereocenters. The number of carbonyl (C=O) groups excluding carboxylic acids is 2. The van der Waals surface area contributed by atoms with Crippen LogP contribution in [-0.2, 0) is 4.79 Å². The Labute approximate surface area is 161 Å². The summed E-state index contributed by atoms with van der Waals surface area (Å²) in [6.07, 6.45) is -0.699. The molecule has 1 aliphatic heterocycles. The lowest BCUT2D eigenvalue weighted by Crippen LogP contribution is -2.48. The van der Waals surface area contributed by atoms with Gasteiger partial charge in [-0.3, -0.25) is 14.6 Å². The Morgan fingerprint density at radius 2 is 1.96 bits per heavy atom. The number of hydrogen-bond acceptors (Lipinski definition) is 4. The number of ketones is 1. The highest BCUT2D eigenvalue weighted by atomic mass is 32.2. The molecule has 0 saturated carbocycles. The van der Waals surface area contributed by atoms with Crippen LogP contribution in [0, 0.1) is 0 Å². The number of nitrogens with one attached hydrogen (secondary N) is 1. The zero-order chi connectivity index (χ0) is 19.9. The van der Waals surface area contributed by atoms with E-state index in [0.717, 1.165) is 11.8 Å². The van der Waals surface area contributed by atoms with Crippen LogP contribution < -0.4 is 0 Å². The Morgan fingerprint density at radius 1 is 1.18 bits per heavy atom. The molecular formula is C19H14F3N3O2S. The van der Waals surface area contributed by atoms with Gasteiger partial charge in [0.05, 0.1) is 0 Å². The molecule has 1 saturated heterocycles. The summed E-state index contributed by atoms with van der Waals surface area (Å²) in [4.78, 5) is 32.9. The maximum atomic E-state index is 13.3. The largest absolute Gasteiger partial charge is 0.471 e. The molecule has 1 fully saturated rings. The molecule has 3 aromatic rings. The second kappa shape index (κ2) is 6.97. The molecule has 28 heavy (non-hydrogen) atoms. The van der Waals surface area contributed by atoms with Gasteiger partial charge in [-0.2, -0.15) is 13.2 Å². The van der Waals surface area contributed by atoms with Gasteiger partial charge in [0.1, 0.15) is 11.4 Å². The maximum Gasteiger partial charge on any atom is 0.471 e. The van der Waals surface area contributed by atoms with Crippen LogP contribution in [0.2, 0.25) is 0 Å². The Balaban J connectivity index is 1.74. The number of carbonyl (C=O) groups is 2. The SMILES string of the molecule is O=C(c1c[nH]c2ccccc12)[C@H]1CS[C@@H](c2cccnc2)N1C(=O)C(F)(F)F. The van der Waals surface area contributed by atoms with Crippen molar-refractivity contribution in [2.45, 2.75) is 17.6 Å². The van der Waals surface area contributed by atoms with Gasteiger partial charge < -0.3 is 9.88 Å². The number of para-hydroxylation sites is 1. The first-order valence-electron chi connectivity index (χ1n) is 8.39. The minimum absolute atomic E-state index is 0.0692. The van der Waals surface area contributed by atoms with Crippen LogP contribution in [0.25, 0.3) is 10.9 Å². The van der Waals surface area contributed by atoms with Crippen molar-refractivity contribution >= 4 is 34.4 Å². The smallest absolute Gasteiger partial charge is 0.360 e. The lowest BCUT2D eigenvalue weighted by atomic mass is 10.0. The van der Waals surface area contributed by atoms with Crippen molar-refractivity contribution in [1.82, 2.24) is 14.9 Å². The van der Waals surface area contributed by atoms with Crippen LogP contribution in [0.3, 0.4) is 0 Å². The summed E-state index contributed by atoms with van der Waals surface area (Å²) in [5.74, 6) is -2.47. The van der Waals surface area contributed by atoms with E-state index in [9.17, 15) is 22.8 Å². The number of fused-ring (bicyclic) bond motifs is 1. The van der Waals surface area contributed by atoms with E-state index in [-0.39, 0.29) is 11.3 Å². The van der Waals surface area contributed by atoms with E-state index in [2.05, 4.69) is 9.97 Å². The van der Waals surface area contributed by atoms with Gasteiger partial charge in [0, 0.05) is 46.4 Å². The summed E-state index contributed by atoms with van der Waals surface area (Å²) in [5, 5.41) is -0.316. The first-order valence-corrected chi connectivity index (χ1v) is 9.44. The number of thioether (sulfide) groups is 1. The van der Waals surface area contributed by atoms with Gasteiger partial charge >= 0.3 is 12.1 Å². The lowest BCUT2D eigenvalue weighted by Gasteiger charge is -2.29. The molecule has 1 aliphatic rings. The summed E-state index contributed by atoms with van der Waals surface area (Å²) in [6, 6.07) is 8.98. The van der Waals surface area contributed by atoms with Gasteiger partial charge in [-0.1, -0.05) is 24.3 Å². The predicted octanol–water partition coefficient (Wildman–Crippen LogP) is 3.95. The van der Waals surface area contributed by atoms with Crippen molar-refractivity contribution in [3.63, 3.8) is 0 Å². The Morgan fingerprint density at radius 3 is 2.68 bits per heavy atom. The quantitative estimate of drug-likeness (QED) is 0.670. The van der Waals surface area contributed by atoms with E-state index in [1.165, 1.54) is 18.6 Å². The number of amides is 1. The molecule has 0 bridgehead atoms. The van der Waals surface area contributed by atoms with Crippen LogP contribution >= 0.6 is 11.8 Å². The Hall–Kier alpha value is -2.81. The second-order valence-corrected chi connectivity index (χ2v) is 7.42. The van der Waals surface area contributed by atoms with E-state index in [0.29, 0.717) is 21.4 Å². The number of alkyl halides is 3. The highest BCUT2D eigenvalue weighted by Crippen LogP contribution is 2.44. The topological polar surface area (TPSA) is 66.1 Å². The fourth-order valence-electron chi connectivity index (χ4n) is 3.34. The van der Waals surface area contributed by atoms with E-state index in [4.69, 9.17) is 0 Å². The number of H-pyrrole nitrogens is 1. The summed E-state index contributed by atoms with van der Waals surface area (Å²) >= 11 is 1.12. The minimum Gasteiger partial charge on any atom is -0.360 e. The number of aromatic nitrogens is 2. The van der Waals surface area contributed by atoms with Crippen molar-refractivity contribution in [1.29, 1.82) is 0 Å². The average Bonchev–Trinajstić information content (AvgIpc) is 3.31. The van der Waals surface area contributed by atoms with Crippen LogP contribution in [0.1, 0.15) is 21.3 Å². The number of hydrogen-bond donors (Lipinski definition) is 1. The van der Waals surface area contributed by atoms with Crippen molar-refractivity contribution in [2.24, 2.45) is 0 Å². The lowest BCUT2D eigenvalue weighted by molar-refractivity contribution is -0.187. The molecule has 1 amide bonds. The molecule has 2 atom stereocenters. The average molecular weight is 405 g/mol. The minimum atomic E-state index is -5.08. The van der Waals surface area contributed by atoms with Crippen molar-refractivity contribution in [3.8, 4) is 0 Å². The van der Waals surface area contributed by atoms with Gasteiger partial charge in [0.25, 0.3) is 0 Å². The third-order valence-electron chi connectivity index (χ3n) is 4.60. The molecule has 1 N–H and O–H groups in total. The predicted molar refractivity (Wildman–Crippen MR) is 98.8 cm³/mol. The fraction of sp³-hybridized carbons (Fsp3) is 0.211. The monoisotopic (exact) mass is 405 g/mol. The first-order chi connectivity index (χ1) is 13.4. The van der Waals surface area contributed by atoms with Crippen LogP contribution in [0.5, 0.6) is 0 Å². The van der Waals surface area contributed by atoms with E-state index >= 15 is 0 Å². The highest BCUT2D eigenvalue weighted by Gasteiger charge is 2.52. The molecule has 3 heterocycles. The van der Waals surface area contributed by atoms with Gasteiger partial charge in [-0.15, -0.1) is 11.8 Å². The maximum absolute atomic E-state index is 13.3.